The second-order valence-corrected chi connectivity index (χ2v) is 9.63. The van der Waals surface area contributed by atoms with Crippen molar-refractivity contribution < 1.29 is 31.1 Å². The van der Waals surface area contributed by atoms with Crippen LogP contribution >= 0.6 is 0 Å². The Kier molecular flexibility index (Phi) is 7.11. The van der Waals surface area contributed by atoms with Gasteiger partial charge in [0.15, 0.2) is 15.7 Å². The molecule has 0 fully saturated rings. The first kappa shape index (κ1) is 23.6. The Bertz CT molecular complexity index is 970. The molecule has 0 radical (unpaired) electrons. The highest BCUT2D eigenvalue weighted by Crippen LogP contribution is 2.26. The van der Waals surface area contributed by atoms with Gasteiger partial charge in [-0.3, -0.25) is 15.2 Å². The molecule has 30 heavy (non-hydrogen) atoms. The fourth-order valence-corrected chi connectivity index (χ4v) is 3.80. The molecule has 2 aromatic rings. The number of rotatable bonds is 9. The van der Waals surface area contributed by atoms with E-state index in [4.69, 9.17) is 4.74 Å². The van der Waals surface area contributed by atoms with Crippen LogP contribution in [-0.2, 0) is 14.6 Å². The third-order valence-electron chi connectivity index (χ3n) is 4.35. The lowest BCUT2D eigenvalue weighted by atomic mass is 10.2. The molecular formula is C18H23F3N4O4S. The number of aromatic nitrogens is 3. The number of H-pyrrole nitrogens is 1. The van der Waals surface area contributed by atoms with E-state index in [1.54, 1.807) is 24.3 Å². The van der Waals surface area contributed by atoms with E-state index in [9.17, 15) is 26.4 Å². The third kappa shape index (κ3) is 5.94. The number of carbonyl (C=O) groups excluding carboxylic acids is 1. The molecule has 0 unspecified atom stereocenters. The summed E-state index contributed by atoms with van der Waals surface area (Å²) in [5.74, 6) is -0.849. The minimum absolute atomic E-state index is 0.151. The van der Waals surface area contributed by atoms with Crippen LogP contribution in [0.3, 0.4) is 0 Å². The van der Waals surface area contributed by atoms with Gasteiger partial charge in [0.25, 0.3) is 0 Å². The minimum atomic E-state index is -4.46. The number of anilines is 1. The molecule has 0 aliphatic rings. The number of hydrogen-bond acceptors (Lipinski definition) is 6. The van der Waals surface area contributed by atoms with Crippen molar-refractivity contribution in [2.24, 2.45) is 0 Å². The lowest BCUT2D eigenvalue weighted by Gasteiger charge is -2.23. The minimum Gasteiger partial charge on any atom is -0.494 e. The first-order valence-corrected chi connectivity index (χ1v) is 10.8. The number of amides is 1. The summed E-state index contributed by atoms with van der Waals surface area (Å²) >= 11 is 0. The van der Waals surface area contributed by atoms with Crippen LogP contribution in [0.5, 0.6) is 5.75 Å². The molecule has 0 aliphatic heterocycles. The molecule has 2 rings (SSSR count). The van der Waals surface area contributed by atoms with Crippen LogP contribution in [0.25, 0.3) is 11.4 Å². The van der Waals surface area contributed by atoms with Crippen molar-refractivity contribution in [2.75, 3.05) is 17.7 Å². The van der Waals surface area contributed by atoms with E-state index in [0.29, 0.717) is 23.7 Å². The van der Waals surface area contributed by atoms with Gasteiger partial charge in [0.1, 0.15) is 10.5 Å². The number of aromatic amines is 1. The Labute approximate surface area is 172 Å². The van der Waals surface area contributed by atoms with Crippen molar-refractivity contribution >= 4 is 21.7 Å². The van der Waals surface area contributed by atoms with Crippen LogP contribution in [0.4, 0.5) is 19.1 Å². The van der Waals surface area contributed by atoms with E-state index in [1.165, 1.54) is 0 Å². The van der Waals surface area contributed by atoms with Gasteiger partial charge in [-0.25, -0.2) is 8.42 Å². The Morgan fingerprint density at radius 2 is 1.83 bits per heavy atom. The van der Waals surface area contributed by atoms with Gasteiger partial charge < -0.3 is 4.74 Å². The maximum absolute atomic E-state index is 12.5. The quantitative estimate of drug-likeness (QED) is 0.608. The lowest BCUT2D eigenvalue weighted by molar-refractivity contribution is -0.134. The second kappa shape index (κ2) is 9.02. The van der Waals surface area contributed by atoms with E-state index < -0.39 is 45.3 Å². The zero-order chi connectivity index (χ0) is 22.6. The van der Waals surface area contributed by atoms with E-state index in [2.05, 4.69) is 20.5 Å². The Hall–Kier alpha value is -2.63. The van der Waals surface area contributed by atoms with Crippen LogP contribution in [0.15, 0.2) is 24.3 Å². The number of benzene rings is 1. The zero-order valence-electron chi connectivity index (χ0n) is 16.7. The van der Waals surface area contributed by atoms with Crippen molar-refractivity contribution in [1.82, 2.24) is 15.2 Å². The maximum Gasteiger partial charge on any atom is 0.389 e. The SMILES string of the molecule is CCOc1ccc(-c2nc(NC(=O)C(C)(C)S(=O)(=O)CCCC(F)(F)F)n[nH]2)cc1. The van der Waals surface area contributed by atoms with Crippen molar-refractivity contribution in [3.05, 3.63) is 24.3 Å². The van der Waals surface area contributed by atoms with Gasteiger partial charge in [0, 0.05) is 12.0 Å². The molecule has 12 heteroatoms. The fourth-order valence-electron chi connectivity index (χ4n) is 2.43. The first-order valence-electron chi connectivity index (χ1n) is 9.12. The molecule has 0 spiro atoms. The summed E-state index contributed by atoms with van der Waals surface area (Å²) < 4.78 is 65.0. The molecule has 1 heterocycles. The van der Waals surface area contributed by atoms with Crippen molar-refractivity contribution in [3.63, 3.8) is 0 Å². The standard InChI is InChI=1S/C18H23F3N4O4S/c1-4-29-13-8-6-12(7-9-13)14-22-16(25-24-14)23-15(26)17(2,3)30(27,28)11-5-10-18(19,20)21/h6-9H,4-5,10-11H2,1-3H3,(H2,22,23,24,25,26). The summed E-state index contributed by atoms with van der Waals surface area (Å²) in [4.78, 5) is 16.6. The summed E-state index contributed by atoms with van der Waals surface area (Å²) in [6, 6.07) is 6.92. The van der Waals surface area contributed by atoms with E-state index in [-0.39, 0.29) is 5.95 Å². The number of nitrogens with one attached hydrogen (secondary N) is 2. The highest BCUT2D eigenvalue weighted by atomic mass is 32.2. The van der Waals surface area contributed by atoms with Gasteiger partial charge in [-0.2, -0.15) is 18.2 Å². The Balaban J connectivity index is 2.06. The summed E-state index contributed by atoms with van der Waals surface area (Å²) in [6.07, 6.45) is -6.32. The fraction of sp³-hybridized carbons (Fsp3) is 0.500. The van der Waals surface area contributed by atoms with Crippen molar-refractivity contribution in [1.29, 1.82) is 0 Å². The molecule has 1 aromatic heterocycles. The van der Waals surface area contributed by atoms with Gasteiger partial charge in [0.2, 0.25) is 11.9 Å². The highest BCUT2D eigenvalue weighted by Gasteiger charge is 2.42. The molecule has 8 nitrogen and oxygen atoms in total. The van der Waals surface area contributed by atoms with Crippen molar-refractivity contribution in [3.8, 4) is 17.1 Å². The van der Waals surface area contributed by atoms with Gasteiger partial charge in [-0.05, 0) is 51.5 Å². The number of carbonyl (C=O) groups is 1. The van der Waals surface area contributed by atoms with Crippen LogP contribution < -0.4 is 10.1 Å². The first-order chi connectivity index (χ1) is 13.9. The summed E-state index contributed by atoms with van der Waals surface area (Å²) in [7, 11) is -4.15. The van der Waals surface area contributed by atoms with Gasteiger partial charge in [0.05, 0.1) is 12.4 Å². The Morgan fingerprint density at radius 3 is 2.40 bits per heavy atom. The highest BCUT2D eigenvalue weighted by molar-refractivity contribution is 7.93. The molecule has 1 amide bonds. The summed E-state index contributed by atoms with van der Waals surface area (Å²) in [5.41, 5.74) is 0.658. The molecule has 166 valence electrons. The second-order valence-electron chi connectivity index (χ2n) is 6.97. The Morgan fingerprint density at radius 1 is 1.20 bits per heavy atom. The van der Waals surface area contributed by atoms with Crippen LogP contribution in [0.1, 0.15) is 33.6 Å². The molecule has 1 aromatic carbocycles. The average Bonchev–Trinajstić information content (AvgIpc) is 3.09. The van der Waals surface area contributed by atoms with Crippen LogP contribution in [0, 0.1) is 0 Å². The van der Waals surface area contributed by atoms with Gasteiger partial charge in [-0.15, -0.1) is 5.10 Å². The number of hydrogen-bond donors (Lipinski definition) is 2. The molecular weight excluding hydrogens is 425 g/mol. The van der Waals surface area contributed by atoms with Gasteiger partial charge in [-0.1, -0.05) is 0 Å². The van der Waals surface area contributed by atoms with Crippen LogP contribution in [0.2, 0.25) is 0 Å². The molecule has 0 atom stereocenters. The predicted molar refractivity (Wildman–Crippen MR) is 105 cm³/mol. The monoisotopic (exact) mass is 448 g/mol. The number of halogens is 3. The van der Waals surface area contributed by atoms with Gasteiger partial charge >= 0.3 is 6.18 Å². The van der Waals surface area contributed by atoms with E-state index in [0.717, 1.165) is 13.8 Å². The smallest absolute Gasteiger partial charge is 0.389 e. The molecule has 2 N–H and O–H groups in total. The van der Waals surface area contributed by atoms with Crippen LogP contribution in [-0.4, -0.2) is 52.8 Å². The van der Waals surface area contributed by atoms with E-state index >= 15 is 0 Å². The summed E-state index contributed by atoms with van der Waals surface area (Å²) in [6.45, 7) is 4.64. The zero-order valence-corrected chi connectivity index (χ0v) is 17.5. The average molecular weight is 448 g/mol. The molecule has 0 saturated heterocycles. The van der Waals surface area contributed by atoms with Crippen molar-refractivity contribution in [2.45, 2.75) is 44.5 Å². The molecule has 0 saturated carbocycles. The normalized spacial score (nSPS) is 12.6. The largest absolute Gasteiger partial charge is 0.494 e. The molecule has 0 bridgehead atoms. The third-order valence-corrected chi connectivity index (χ3v) is 6.91. The number of ether oxygens (including phenoxy) is 1. The number of nitrogens with zero attached hydrogens (tertiary/aromatic N) is 2. The predicted octanol–water partition coefficient (Wildman–Crippen LogP) is 3.34. The maximum atomic E-state index is 12.5. The molecule has 0 aliphatic carbocycles. The van der Waals surface area contributed by atoms with E-state index in [1.807, 2.05) is 6.92 Å². The number of alkyl halides is 3. The summed E-state index contributed by atoms with van der Waals surface area (Å²) in [5, 5.41) is 8.77. The topological polar surface area (TPSA) is 114 Å². The lowest BCUT2D eigenvalue weighted by Crippen LogP contribution is -2.46. The number of sulfone groups is 1.